The summed E-state index contributed by atoms with van der Waals surface area (Å²) in [6.45, 7) is 11.5. The molecule has 5 saturated carbocycles. The summed E-state index contributed by atoms with van der Waals surface area (Å²) in [4.78, 5) is 0. The smallest absolute Gasteiger partial charge is 0.187 e. The van der Waals surface area contributed by atoms with Gasteiger partial charge in [-0.15, -0.1) is 0 Å². The van der Waals surface area contributed by atoms with Crippen LogP contribution < -0.4 is 0 Å². The van der Waals surface area contributed by atoms with Crippen molar-refractivity contribution in [1.82, 2.24) is 0 Å². The molecule has 16 N–H and O–H groups in total. The Bertz CT molecular complexity index is 2020. The molecule has 2 spiro atoms. The van der Waals surface area contributed by atoms with Crippen molar-refractivity contribution in [1.29, 1.82) is 0 Å². The summed E-state index contributed by atoms with van der Waals surface area (Å²) in [6, 6.07) is 0. The zero-order chi connectivity index (χ0) is 56.4. The molecule has 0 aromatic carbocycles. The first kappa shape index (κ1) is 60.6. The standard InChI is InChI=1S/C53H90O24/c1-21(8-9-29(58)49(4,5)77-47-42(69)38(65)35(62)27(18-56)75-47)31-24(72-46-41(68)37(64)34(61)26(17-55)74-46)15-51(7)28-14-23(71-45-40(67)36(63)33(60)25(16-54)73-45)43-48(2,3)30(76-44-39(66)32(59)22(57)19-70-44)10-11-53(43)20-52(28,53)13-12-50(31,51)6/h21-47,54-69H,8-20H2,1-7H3. The van der Waals surface area contributed by atoms with E-state index in [9.17, 15) is 81.7 Å². The van der Waals surface area contributed by atoms with E-state index in [1.54, 1.807) is 13.8 Å². The van der Waals surface area contributed by atoms with Crippen molar-refractivity contribution in [2.45, 2.75) is 253 Å². The van der Waals surface area contributed by atoms with E-state index < -0.39 is 188 Å². The quantitative estimate of drug-likeness (QED) is 0.0659. The number of fused-ring (bicyclic) bond motifs is 2. The molecular formula is C53H90O24. The van der Waals surface area contributed by atoms with Gasteiger partial charge < -0.3 is 120 Å². The van der Waals surface area contributed by atoms with Gasteiger partial charge in [0.05, 0.1) is 56.4 Å². The van der Waals surface area contributed by atoms with Crippen molar-refractivity contribution in [2.75, 3.05) is 26.4 Å². The largest absolute Gasteiger partial charge is 0.394 e. The number of ether oxygens (including phenoxy) is 8. The van der Waals surface area contributed by atoms with Crippen LogP contribution >= 0.6 is 0 Å². The average molecular weight is 1110 g/mol. The number of aliphatic hydroxyl groups excluding tert-OH is 16. The Kier molecular flexibility index (Phi) is 17.2. The van der Waals surface area contributed by atoms with Crippen molar-refractivity contribution in [3.8, 4) is 0 Å². The molecule has 9 fully saturated rings. The van der Waals surface area contributed by atoms with Gasteiger partial charge in [-0.05, 0) is 122 Å². The van der Waals surface area contributed by atoms with E-state index in [4.69, 9.17) is 37.9 Å². The van der Waals surface area contributed by atoms with Gasteiger partial charge in [0, 0.05) is 0 Å². The fraction of sp³-hybridized carbons (Fsp3) is 1.00. The lowest BCUT2D eigenvalue weighted by atomic mass is 9.41. The maximum absolute atomic E-state index is 11.9. The van der Waals surface area contributed by atoms with Crippen LogP contribution in [-0.2, 0) is 37.9 Å². The summed E-state index contributed by atoms with van der Waals surface area (Å²) >= 11 is 0. The van der Waals surface area contributed by atoms with Crippen molar-refractivity contribution in [3.63, 3.8) is 0 Å². The molecule has 0 radical (unpaired) electrons. The highest BCUT2D eigenvalue weighted by Gasteiger charge is 2.85. The number of aliphatic hydroxyl groups is 16. The molecule has 4 heterocycles. The van der Waals surface area contributed by atoms with Gasteiger partial charge in [0.25, 0.3) is 0 Å². The molecule has 4 saturated heterocycles. The Balaban J connectivity index is 1.04. The predicted octanol–water partition coefficient (Wildman–Crippen LogP) is -3.79. The molecule has 5 aliphatic carbocycles. The Labute approximate surface area is 448 Å². The summed E-state index contributed by atoms with van der Waals surface area (Å²) in [5.74, 6) is -1.05. The molecule has 31 unspecified atom stereocenters. The second kappa shape index (κ2) is 21.9. The van der Waals surface area contributed by atoms with Gasteiger partial charge in [0.2, 0.25) is 0 Å². The molecule has 24 heteroatoms. The number of hydrogen-bond acceptors (Lipinski definition) is 24. The van der Waals surface area contributed by atoms with Crippen LogP contribution in [0.2, 0.25) is 0 Å². The minimum Gasteiger partial charge on any atom is -0.394 e. The van der Waals surface area contributed by atoms with Gasteiger partial charge in [-0.25, -0.2) is 0 Å². The molecule has 0 aromatic rings. The Hall–Kier alpha value is -0.960. The maximum Gasteiger partial charge on any atom is 0.187 e. The van der Waals surface area contributed by atoms with Crippen LogP contribution in [0.5, 0.6) is 0 Å². The predicted molar refractivity (Wildman–Crippen MR) is 261 cm³/mol. The molecule has 0 amide bonds. The molecule has 446 valence electrons. The molecule has 31 atom stereocenters. The van der Waals surface area contributed by atoms with Crippen LogP contribution in [0.4, 0.5) is 0 Å². The minimum atomic E-state index is -1.72. The van der Waals surface area contributed by atoms with Gasteiger partial charge in [-0.3, -0.25) is 0 Å². The number of rotatable bonds is 16. The monoisotopic (exact) mass is 1110 g/mol. The third-order valence-corrected chi connectivity index (χ3v) is 21.7. The zero-order valence-corrected chi connectivity index (χ0v) is 45.2. The SMILES string of the molecule is CC(CCC(O)C(C)(C)OC1OC(CO)C(O)C(O)C1O)C1C(OC2OC(CO)C(O)C(O)C2O)CC2(C)C3CC(OC4OC(CO)C(O)C(O)C4O)C4C(C)(C)C(OC5OCC(O)C(O)C5O)CCC45CC35CCC12C. The first-order valence-corrected chi connectivity index (χ1v) is 27.9. The molecule has 4 aliphatic heterocycles. The van der Waals surface area contributed by atoms with Gasteiger partial charge in [-0.2, -0.15) is 0 Å². The minimum absolute atomic E-state index is 0.136. The molecule has 24 nitrogen and oxygen atoms in total. The fourth-order valence-electron chi connectivity index (χ4n) is 17.2. The van der Waals surface area contributed by atoms with Crippen LogP contribution in [0.15, 0.2) is 0 Å². The second-order valence-corrected chi connectivity index (χ2v) is 26.3. The van der Waals surface area contributed by atoms with Crippen LogP contribution in [0, 0.1) is 50.7 Å². The molecule has 0 bridgehead atoms. The van der Waals surface area contributed by atoms with Crippen molar-refractivity contribution in [2.24, 2.45) is 50.7 Å². The zero-order valence-electron chi connectivity index (χ0n) is 45.2. The van der Waals surface area contributed by atoms with E-state index in [1.165, 1.54) is 0 Å². The number of hydrogen-bond donors (Lipinski definition) is 16. The summed E-state index contributed by atoms with van der Waals surface area (Å²) < 4.78 is 50.0. The lowest BCUT2D eigenvalue weighted by Crippen LogP contribution is -2.65. The van der Waals surface area contributed by atoms with Crippen LogP contribution in [0.25, 0.3) is 0 Å². The molecule has 77 heavy (non-hydrogen) atoms. The highest BCUT2D eigenvalue weighted by molar-refractivity contribution is 5.33. The first-order chi connectivity index (χ1) is 36.0. The Morgan fingerprint density at radius 3 is 1.61 bits per heavy atom. The van der Waals surface area contributed by atoms with E-state index in [2.05, 4.69) is 27.7 Å². The van der Waals surface area contributed by atoms with Crippen LogP contribution in [0.3, 0.4) is 0 Å². The molecule has 0 aromatic heterocycles. The van der Waals surface area contributed by atoms with E-state index in [0.29, 0.717) is 38.5 Å². The summed E-state index contributed by atoms with van der Waals surface area (Å²) in [6.07, 6.45) is -27.4. The summed E-state index contributed by atoms with van der Waals surface area (Å²) in [5, 5.41) is 172. The van der Waals surface area contributed by atoms with Crippen LogP contribution in [-0.4, -0.2) is 255 Å². The second-order valence-electron chi connectivity index (χ2n) is 26.3. The average Bonchev–Trinajstić information content (AvgIpc) is 3.51. The van der Waals surface area contributed by atoms with Gasteiger partial charge in [-0.1, -0.05) is 34.6 Å². The highest BCUT2D eigenvalue weighted by Crippen LogP contribution is 2.89. The van der Waals surface area contributed by atoms with E-state index in [-0.39, 0.29) is 42.1 Å². The van der Waals surface area contributed by atoms with Crippen molar-refractivity contribution in [3.05, 3.63) is 0 Å². The molecule has 9 rings (SSSR count). The molecular weight excluding hydrogens is 1020 g/mol. The fourth-order valence-corrected chi connectivity index (χ4v) is 17.2. The van der Waals surface area contributed by atoms with Gasteiger partial charge in [0.1, 0.15) is 91.6 Å². The highest BCUT2D eigenvalue weighted by atomic mass is 16.7. The topological polar surface area (TPSA) is 398 Å². The molecule has 9 aliphatic rings. The lowest BCUT2D eigenvalue weighted by Gasteiger charge is -2.65. The Morgan fingerprint density at radius 2 is 1.06 bits per heavy atom. The summed E-state index contributed by atoms with van der Waals surface area (Å²) in [7, 11) is 0. The maximum atomic E-state index is 11.9. The van der Waals surface area contributed by atoms with Crippen molar-refractivity contribution >= 4 is 0 Å². The normalized spacial score (nSPS) is 54.4. The lowest BCUT2D eigenvalue weighted by molar-refractivity contribution is -0.338. The van der Waals surface area contributed by atoms with E-state index in [0.717, 1.165) is 12.8 Å². The third kappa shape index (κ3) is 9.81. The van der Waals surface area contributed by atoms with E-state index in [1.807, 2.05) is 6.92 Å². The van der Waals surface area contributed by atoms with Crippen molar-refractivity contribution < 1.29 is 120 Å². The van der Waals surface area contributed by atoms with E-state index >= 15 is 0 Å². The van der Waals surface area contributed by atoms with Gasteiger partial charge >= 0.3 is 0 Å². The Morgan fingerprint density at radius 1 is 0.558 bits per heavy atom. The van der Waals surface area contributed by atoms with Gasteiger partial charge in [0.15, 0.2) is 25.2 Å². The van der Waals surface area contributed by atoms with Crippen LogP contribution in [0.1, 0.15) is 106 Å². The third-order valence-electron chi connectivity index (χ3n) is 21.7. The first-order valence-electron chi connectivity index (χ1n) is 27.9. The summed E-state index contributed by atoms with van der Waals surface area (Å²) in [5.41, 5.74) is -4.05.